The summed E-state index contributed by atoms with van der Waals surface area (Å²) in [6, 6.07) is 8.73. The molecule has 1 fully saturated rings. The van der Waals surface area contributed by atoms with E-state index in [0.717, 1.165) is 12.5 Å². The first-order valence-corrected chi connectivity index (χ1v) is 7.26. The number of likely N-dealkylation sites (tertiary alicyclic amines) is 1. The van der Waals surface area contributed by atoms with Gasteiger partial charge in [0.15, 0.2) is 0 Å². The monoisotopic (exact) mass is 246 g/mol. The van der Waals surface area contributed by atoms with E-state index in [1.54, 1.807) is 0 Å². The molecular formula is C16H26N2. The standard InChI is InChI=1S/C16H26N2/c1-14-6-2-3-8-16(14)9-5-11-18-10-4-7-15(12-17)13-18/h2-3,6,8,15H,4-5,7,9-13,17H2,1H3. The molecule has 18 heavy (non-hydrogen) atoms. The summed E-state index contributed by atoms with van der Waals surface area (Å²) < 4.78 is 0. The van der Waals surface area contributed by atoms with Crippen LogP contribution in [0.25, 0.3) is 0 Å². The number of hydrogen-bond donors (Lipinski definition) is 1. The van der Waals surface area contributed by atoms with Gasteiger partial charge in [0, 0.05) is 6.54 Å². The predicted molar refractivity (Wildman–Crippen MR) is 77.7 cm³/mol. The summed E-state index contributed by atoms with van der Waals surface area (Å²) in [7, 11) is 0. The van der Waals surface area contributed by atoms with Crippen molar-refractivity contribution >= 4 is 0 Å². The highest BCUT2D eigenvalue weighted by molar-refractivity contribution is 5.25. The van der Waals surface area contributed by atoms with Crippen LogP contribution < -0.4 is 5.73 Å². The third-order valence-electron chi connectivity index (χ3n) is 4.12. The van der Waals surface area contributed by atoms with Gasteiger partial charge in [-0.2, -0.15) is 0 Å². The van der Waals surface area contributed by atoms with E-state index >= 15 is 0 Å². The maximum absolute atomic E-state index is 5.78. The van der Waals surface area contributed by atoms with Gasteiger partial charge in [-0.3, -0.25) is 0 Å². The molecule has 1 aliphatic rings. The van der Waals surface area contributed by atoms with Gasteiger partial charge in [-0.25, -0.2) is 0 Å². The molecule has 2 heteroatoms. The first-order chi connectivity index (χ1) is 8.79. The number of nitrogens with two attached hydrogens (primary N) is 1. The molecule has 0 spiro atoms. The lowest BCUT2D eigenvalue weighted by Gasteiger charge is -2.32. The molecule has 0 bridgehead atoms. The first kappa shape index (κ1) is 13.6. The van der Waals surface area contributed by atoms with Gasteiger partial charge in [0.25, 0.3) is 0 Å². The Hall–Kier alpha value is -0.860. The highest BCUT2D eigenvalue weighted by atomic mass is 15.1. The summed E-state index contributed by atoms with van der Waals surface area (Å²) in [6.45, 7) is 6.77. The molecule has 1 saturated heterocycles. The quantitative estimate of drug-likeness (QED) is 0.865. The van der Waals surface area contributed by atoms with Crippen LogP contribution >= 0.6 is 0 Å². The van der Waals surface area contributed by atoms with E-state index in [4.69, 9.17) is 5.73 Å². The number of hydrogen-bond acceptors (Lipinski definition) is 2. The second-order valence-electron chi connectivity index (χ2n) is 5.57. The smallest absolute Gasteiger partial charge is 0.00217 e. The van der Waals surface area contributed by atoms with Gasteiger partial charge in [-0.15, -0.1) is 0 Å². The van der Waals surface area contributed by atoms with Crippen molar-refractivity contribution in [1.82, 2.24) is 4.90 Å². The van der Waals surface area contributed by atoms with E-state index in [-0.39, 0.29) is 0 Å². The number of piperidine rings is 1. The van der Waals surface area contributed by atoms with Crippen molar-refractivity contribution in [3.8, 4) is 0 Å². The lowest BCUT2D eigenvalue weighted by atomic mass is 9.97. The van der Waals surface area contributed by atoms with Crippen LogP contribution in [0.15, 0.2) is 24.3 Å². The first-order valence-electron chi connectivity index (χ1n) is 7.26. The summed E-state index contributed by atoms with van der Waals surface area (Å²) in [6.07, 6.45) is 5.12. The molecule has 0 aromatic heterocycles. The molecule has 0 amide bonds. The maximum Gasteiger partial charge on any atom is 0.00217 e. The van der Waals surface area contributed by atoms with E-state index in [0.29, 0.717) is 0 Å². The molecule has 2 N–H and O–H groups in total. The normalized spacial score (nSPS) is 21.1. The molecule has 0 aliphatic carbocycles. The van der Waals surface area contributed by atoms with Gasteiger partial charge < -0.3 is 10.6 Å². The zero-order valence-corrected chi connectivity index (χ0v) is 11.6. The van der Waals surface area contributed by atoms with Crippen molar-refractivity contribution in [2.24, 2.45) is 11.7 Å². The highest BCUT2D eigenvalue weighted by Crippen LogP contribution is 2.16. The maximum atomic E-state index is 5.78. The largest absolute Gasteiger partial charge is 0.330 e. The van der Waals surface area contributed by atoms with Crippen molar-refractivity contribution in [3.63, 3.8) is 0 Å². The lowest BCUT2D eigenvalue weighted by Crippen LogP contribution is -2.38. The molecule has 100 valence electrons. The lowest BCUT2D eigenvalue weighted by molar-refractivity contribution is 0.176. The Morgan fingerprint density at radius 2 is 2.17 bits per heavy atom. The molecule has 2 rings (SSSR count). The van der Waals surface area contributed by atoms with E-state index in [1.807, 2.05) is 0 Å². The summed E-state index contributed by atoms with van der Waals surface area (Å²) in [4.78, 5) is 2.60. The second kappa shape index (κ2) is 6.91. The van der Waals surface area contributed by atoms with Crippen molar-refractivity contribution in [2.45, 2.75) is 32.6 Å². The van der Waals surface area contributed by atoms with E-state index < -0.39 is 0 Å². The van der Waals surface area contributed by atoms with Gasteiger partial charge in [-0.05, 0) is 69.3 Å². The van der Waals surface area contributed by atoms with Crippen LogP contribution in [0, 0.1) is 12.8 Å². The fraction of sp³-hybridized carbons (Fsp3) is 0.625. The fourth-order valence-corrected chi connectivity index (χ4v) is 2.93. The Morgan fingerprint density at radius 3 is 2.94 bits per heavy atom. The van der Waals surface area contributed by atoms with Crippen LogP contribution in [0.4, 0.5) is 0 Å². The summed E-state index contributed by atoms with van der Waals surface area (Å²) in [5.41, 5.74) is 8.71. The summed E-state index contributed by atoms with van der Waals surface area (Å²) in [5, 5.41) is 0. The SMILES string of the molecule is Cc1ccccc1CCCN1CCCC(CN)C1. The van der Waals surface area contributed by atoms with E-state index in [9.17, 15) is 0 Å². The Kier molecular flexibility index (Phi) is 5.21. The molecule has 0 radical (unpaired) electrons. The minimum Gasteiger partial charge on any atom is -0.330 e. The van der Waals surface area contributed by atoms with Crippen LogP contribution in [-0.4, -0.2) is 31.1 Å². The average Bonchev–Trinajstić information content (AvgIpc) is 2.41. The van der Waals surface area contributed by atoms with Crippen LogP contribution in [0.5, 0.6) is 0 Å². The number of benzene rings is 1. The minimum absolute atomic E-state index is 0.734. The third kappa shape index (κ3) is 3.82. The fourth-order valence-electron chi connectivity index (χ4n) is 2.93. The summed E-state index contributed by atoms with van der Waals surface area (Å²) >= 11 is 0. The van der Waals surface area contributed by atoms with Gasteiger partial charge >= 0.3 is 0 Å². The van der Waals surface area contributed by atoms with Gasteiger partial charge in [-0.1, -0.05) is 24.3 Å². The Labute approximate surface area is 111 Å². The van der Waals surface area contributed by atoms with Gasteiger partial charge in [0.1, 0.15) is 0 Å². The highest BCUT2D eigenvalue weighted by Gasteiger charge is 2.17. The van der Waals surface area contributed by atoms with Crippen LogP contribution in [0.2, 0.25) is 0 Å². The Balaban J connectivity index is 1.73. The van der Waals surface area contributed by atoms with Crippen LogP contribution in [-0.2, 0) is 6.42 Å². The third-order valence-corrected chi connectivity index (χ3v) is 4.12. The van der Waals surface area contributed by atoms with Gasteiger partial charge in [0.05, 0.1) is 0 Å². The van der Waals surface area contributed by atoms with Crippen LogP contribution in [0.3, 0.4) is 0 Å². The topological polar surface area (TPSA) is 29.3 Å². The van der Waals surface area contributed by atoms with Crippen LogP contribution in [0.1, 0.15) is 30.4 Å². The predicted octanol–water partition coefficient (Wildman–Crippen LogP) is 2.60. The molecule has 2 nitrogen and oxygen atoms in total. The molecule has 1 atom stereocenters. The molecular weight excluding hydrogens is 220 g/mol. The average molecular weight is 246 g/mol. The molecule has 1 aromatic carbocycles. The van der Waals surface area contributed by atoms with Gasteiger partial charge in [0.2, 0.25) is 0 Å². The van der Waals surface area contributed by atoms with Crippen molar-refractivity contribution in [1.29, 1.82) is 0 Å². The molecule has 1 heterocycles. The number of aryl methyl sites for hydroxylation is 2. The van der Waals surface area contributed by atoms with Crippen molar-refractivity contribution in [3.05, 3.63) is 35.4 Å². The second-order valence-corrected chi connectivity index (χ2v) is 5.57. The van der Waals surface area contributed by atoms with Crippen molar-refractivity contribution in [2.75, 3.05) is 26.2 Å². The molecule has 1 aromatic rings. The zero-order chi connectivity index (χ0) is 12.8. The molecule has 1 unspecified atom stereocenters. The minimum atomic E-state index is 0.734. The number of rotatable bonds is 5. The molecule has 0 saturated carbocycles. The zero-order valence-electron chi connectivity index (χ0n) is 11.6. The summed E-state index contributed by atoms with van der Waals surface area (Å²) in [5.74, 6) is 0.734. The Morgan fingerprint density at radius 1 is 1.33 bits per heavy atom. The Bertz CT molecular complexity index is 362. The van der Waals surface area contributed by atoms with Crippen molar-refractivity contribution < 1.29 is 0 Å². The van der Waals surface area contributed by atoms with E-state index in [1.165, 1.54) is 56.4 Å². The number of nitrogens with zero attached hydrogens (tertiary/aromatic N) is 1. The molecule has 1 aliphatic heterocycles. The van der Waals surface area contributed by atoms with E-state index in [2.05, 4.69) is 36.1 Å².